The first-order chi connectivity index (χ1) is 16.8. The van der Waals surface area contributed by atoms with Crippen molar-refractivity contribution in [1.29, 1.82) is 0 Å². The third-order valence-electron chi connectivity index (χ3n) is 7.41. The van der Waals surface area contributed by atoms with Crippen LogP contribution in [0.5, 0.6) is 0 Å². The van der Waals surface area contributed by atoms with Crippen molar-refractivity contribution in [1.82, 2.24) is 20.1 Å². The molecule has 1 saturated heterocycles. The summed E-state index contributed by atoms with van der Waals surface area (Å²) in [6.07, 6.45) is 3.18. The molecule has 35 heavy (non-hydrogen) atoms. The number of pyridine rings is 1. The van der Waals surface area contributed by atoms with Gasteiger partial charge < -0.3 is 14.5 Å². The zero-order valence-electron chi connectivity index (χ0n) is 19.0. The van der Waals surface area contributed by atoms with Gasteiger partial charge in [-0.2, -0.15) is 18.3 Å². The lowest BCUT2D eigenvalue weighted by atomic mass is 9.59. The lowest BCUT2D eigenvalue weighted by molar-refractivity contribution is -0.137. The summed E-state index contributed by atoms with van der Waals surface area (Å²) in [5.74, 6) is -1.38. The smallest absolute Gasteiger partial charge is 0.420 e. The summed E-state index contributed by atoms with van der Waals surface area (Å²) in [5, 5.41) is 7.17. The van der Waals surface area contributed by atoms with Crippen LogP contribution in [0.25, 0.3) is 11.3 Å². The van der Waals surface area contributed by atoms with E-state index in [-0.39, 0.29) is 35.1 Å². The Hall–Kier alpha value is -3.14. The number of carbonyl (C=O) groups is 1. The molecule has 0 radical (unpaired) electrons. The molecule has 6 rings (SSSR count). The number of carbonyl (C=O) groups excluding carboxylic acids is 1. The zero-order valence-corrected chi connectivity index (χ0v) is 19.0. The van der Waals surface area contributed by atoms with E-state index in [9.17, 15) is 18.0 Å². The molecule has 3 aromatic rings. The maximum atomic E-state index is 14.4. The van der Waals surface area contributed by atoms with Crippen molar-refractivity contribution in [3.8, 4) is 11.3 Å². The molecular formula is C25H25F3N4O3. The lowest BCUT2D eigenvalue weighted by Gasteiger charge is -2.43. The van der Waals surface area contributed by atoms with Crippen LogP contribution >= 0.6 is 0 Å². The van der Waals surface area contributed by atoms with Crippen LogP contribution in [0.4, 0.5) is 13.2 Å². The number of ether oxygens (including phenoxy) is 1. The van der Waals surface area contributed by atoms with Crippen LogP contribution < -0.4 is 5.32 Å². The van der Waals surface area contributed by atoms with Crippen LogP contribution in [-0.4, -0.2) is 39.9 Å². The third kappa shape index (κ3) is 3.84. The molecule has 1 amide bonds. The molecule has 0 unspecified atom stereocenters. The summed E-state index contributed by atoms with van der Waals surface area (Å²) < 4.78 is 56.0. The van der Waals surface area contributed by atoms with Crippen molar-refractivity contribution in [2.24, 2.45) is 0 Å². The number of hydrogen-bond acceptors (Lipinski definition) is 5. The Labute approximate surface area is 199 Å². The Kier molecular flexibility index (Phi) is 5.24. The van der Waals surface area contributed by atoms with Crippen molar-refractivity contribution < 1.29 is 27.1 Å². The molecule has 184 valence electrons. The lowest BCUT2D eigenvalue weighted by Crippen LogP contribution is -2.38. The number of furan rings is 1. The van der Waals surface area contributed by atoms with E-state index in [2.05, 4.69) is 15.4 Å². The predicted molar refractivity (Wildman–Crippen MR) is 119 cm³/mol. The van der Waals surface area contributed by atoms with E-state index in [4.69, 9.17) is 9.15 Å². The van der Waals surface area contributed by atoms with Crippen LogP contribution in [0.2, 0.25) is 0 Å². The van der Waals surface area contributed by atoms with Gasteiger partial charge in [0.15, 0.2) is 0 Å². The average molecular weight is 486 g/mol. The molecule has 3 aromatic heterocycles. The van der Waals surface area contributed by atoms with Gasteiger partial charge in [0.05, 0.1) is 23.9 Å². The molecule has 1 aliphatic heterocycles. The maximum Gasteiger partial charge on any atom is 0.420 e. The molecule has 1 spiro atoms. The minimum absolute atomic E-state index is 0.105. The molecule has 10 heteroatoms. The Bertz CT molecular complexity index is 1250. The molecule has 0 bridgehead atoms. The predicted octanol–water partition coefficient (Wildman–Crippen LogP) is 4.49. The van der Waals surface area contributed by atoms with Crippen LogP contribution in [-0.2, 0) is 29.3 Å². The van der Waals surface area contributed by atoms with Gasteiger partial charge in [-0.3, -0.25) is 14.5 Å². The second kappa shape index (κ2) is 8.22. The summed E-state index contributed by atoms with van der Waals surface area (Å²) in [4.78, 5) is 17.2. The average Bonchev–Trinajstić information content (AvgIpc) is 3.53. The summed E-state index contributed by atoms with van der Waals surface area (Å²) in [6, 6.07) is 5.51. The highest BCUT2D eigenvalue weighted by Crippen LogP contribution is 2.56. The topological polar surface area (TPSA) is 82.2 Å². The molecule has 2 fully saturated rings. The highest BCUT2D eigenvalue weighted by molar-refractivity contribution is 5.96. The van der Waals surface area contributed by atoms with Gasteiger partial charge in [0.1, 0.15) is 17.0 Å². The second-order valence-electron chi connectivity index (χ2n) is 9.67. The van der Waals surface area contributed by atoms with E-state index in [0.717, 1.165) is 43.4 Å². The van der Waals surface area contributed by atoms with Crippen molar-refractivity contribution in [2.75, 3.05) is 13.2 Å². The molecule has 3 aliphatic rings. The van der Waals surface area contributed by atoms with Crippen LogP contribution in [0.15, 0.2) is 35.0 Å². The Balaban J connectivity index is 1.41. The van der Waals surface area contributed by atoms with Gasteiger partial charge in [-0.1, -0.05) is 12.5 Å². The van der Waals surface area contributed by atoms with Crippen molar-refractivity contribution in [3.63, 3.8) is 0 Å². The van der Waals surface area contributed by atoms with Crippen LogP contribution in [0.1, 0.15) is 65.2 Å². The van der Waals surface area contributed by atoms with E-state index < -0.39 is 23.4 Å². The standard InChI is InChI=1S/C25H25F3N4O3/c26-25(27,28)20-19-18(35-22(20)23(33)30-12-16-6-3-10-34-16)11-24(7-4-8-24)17-14-32(31-21(17)19)13-15-5-1-2-9-29-15/h1-2,5,9,14,16H,3-4,6-8,10-13H2,(H,30,33)/t16-/m0/s1. The first kappa shape index (κ1) is 22.3. The van der Waals surface area contributed by atoms with Gasteiger partial charge in [0.25, 0.3) is 5.91 Å². The largest absolute Gasteiger partial charge is 0.454 e. The minimum Gasteiger partial charge on any atom is -0.454 e. The number of alkyl halides is 3. The highest BCUT2D eigenvalue weighted by Gasteiger charge is 2.52. The van der Waals surface area contributed by atoms with E-state index in [0.29, 0.717) is 19.6 Å². The fourth-order valence-electron chi connectivity index (χ4n) is 5.56. The molecule has 1 saturated carbocycles. The Morgan fingerprint density at radius 1 is 1.26 bits per heavy atom. The van der Waals surface area contributed by atoms with Gasteiger partial charge in [-0.05, 0) is 37.8 Å². The van der Waals surface area contributed by atoms with Crippen molar-refractivity contribution >= 4 is 5.91 Å². The number of fused-ring (bicyclic) bond motifs is 4. The molecule has 4 heterocycles. The van der Waals surface area contributed by atoms with Crippen molar-refractivity contribution in [2.45, 2.75) is 62.8 Å². The molecule has 1 N–H and O–H groups in total. The zero-order chi connectivity index (χ0) is 24.2. The number of nitrogens with one attached hydrogen (secondary N) is 1. The Morgan fingerprint density at radius 3 is 2.77 bits per heavy atom. The van der Waals surface area contributed by atoms with E-state index in [1.807, 2.05) is 18.3 Å². The number of nitrogens with zero attached hydrogens (tertiary/aromatic N) is 3. The monoisotopic (exact) mass is 486 g/mol. The van der Waals surface area contributed by atoms with Gasteiger partial charge in [0, 0.05) is 42.9 Å². The number of halogens is 3. The quantitative estimate of drug-likeness (QED) is 0.575. The number of aromatic nitrogens is 3. The number of amides is 1. The summed E-state index contributed by atoms with van der Waals surface area (Å²) in [7, 11) is 0. The van der Waals surface area contributed by atoms with E-state index in [1.165, 1.54) is 0 Å². The van der Waals surface area contributed by atoms with E-state index >= 15 is 0 Å². The molecule has 7 nitrogen and oxygen atoms in total. The van der Waals surface area contributed by atoms with Gasteiger partial charge in [-0.15, -0.1) is 0 Å². The number of rotatable bonds is 5. The first-order valence-electron chi connectivity index (χ1n) is 11.9. The highest BCUT2D eigenvalue weighted by atomic mass is 19.4. The second-order valence-corrected chi connectivity index (χ2v) is 9.67. The first-order valence-corrected chi connectivity index (χ1v) is 11.9. The van der Waals surface area contributed by atoms with Crippen LogP contribution in [0, 0.1) is 0 Å². The molecule has 1 atom stereocenters. The minimum atomic E-state index is -4.78. The Morgan fingerprint density at radius 2 is 2.11 bits per heavy atom. The molecule has 0 aromatic carbocycles. The summed E-state index contributed by atoms with van der Waals surface area (Å²) >= 11 is 0. The SMILES string of the molecule is O=C(NC[C@@H]1CCCO1)c1oc2c(c1C(F)(F)F)-c1nn(Cc3ccccn3)cc1C1(CCC1)C2. The summed E-state index contributed by atoms with van der Waals surface area (Å²) in [6.45, 7) is 1.08. The van der Waals surface area contributed by atoms with E-state index in [1.54, 1.807) is 16.9 Å². The molecular weight excluding hydrogens is 461 g/mol. The van der Waals surface area contributed by atoms with Gasteiger partial charge in [-0.25, -0.2) is 0 Å². The normalized spacial score (nSPS) is 20.4. The molecule has 2 aliphatic carbocycles. The fraction of sp³-hybridized carbons (Fsp3) is 0.480. The van der Waals surface area contributed by atoms with Crippen molar-refractivity contribution in [3.05, 3.63) is 58.9 Å². The number of hydrogen-bond donors (Lipinski definition) is 1. The maximum absolute atomic E-state index is 14.4. The summed E-state index contributed by atoms with van der Waals surface area (Å²) in [5.41, 5.74) is 0.355. The van der Waals surface area contributed by atoms with Gasteiger partial charge in [0.2, 0.25) is 5.76 Å². The fourth-order valence-corrected chi connectivity index (χ4v) is 5.56. The third-order valence-corrected chi connectivity index (χ3v) is 7.41. The van der Waals surface area contributed by atoms with Gasteiger partial charge >= 0.3 is 6.18 Å². The van der Waals surface area contributed by atoms with Crippen LogP contribution in [0.3, 0.4) is 0 Å².